The molecule has 2 nitrogen and oxygen atoms in total. The number of hydrogen-bond donors (Lipinski definition) is 1. The third kappa shape index (κ3) is 1.68. The summed E-state index contributed by atoms with van der Waals surface area (Å²) in [5.74, 6) is 0. The van der Waals surface area contributed by atoms with Gasteiger partial charge in [-0.05, 0) is 29.3 Å². The van der Waals surface area contributed by atoms with Crippen molar-refractivity contribution in [2.75, 3.05) is 13.1 Å². The Morgan fingerprint density at radius 3 is 3.17 bits per heavy atom. The Bertz CT molecular complexity index is 235. The first kappa shape index (κ1) is 8.23. The predicted molar refractivity (Wildman–Crippen MR) is 50.5 cm³/mol. The summed E-state index contributed by atoms with van der Waals surface area (Å²) in [7, 11) is 0. The van der Waals surface area contributed by atoms with Gasteiger partial charge in [-0.1, -0.05) is 0 Å². The molecule has 1 aromatic rings. The molecule has 0 aromatic carbocycles. The van der Waals surface area contributed by atoms with E-state index in [4.69, 9.17) is 4.74 Å². The highest BCUT2D eigenvalue weighted by Crippen LogP contribution is 2.22. The Kier molecular flexibility index (Phi) is 2.44. The molecule has 1 N–H and O–H groups in total. The first-order valence-electron chi connectivity index (χ1n) is 4.24. The van der Waals surface area contributed by atoms with Gasteiger partial charge in [0.15, 0.2) is 0 Å². The number of ether oxygens (including phenoxy) is 1. The van der Waals surface area contributed by atoms with E-state index < -0.39 is 0 Å². The van der Waals surface area contributed by atoms with E-state index in [1.165, 1.54) is 5.56 Å². The van der Waals surface area contributed by atoms with Crippen LogP contribution in [0.1, 0.15) is 18.6 Å². The maximum atomic E-state index is 5.77. The van der Waals surface area contributed by atoms with Crippen LogP contribution in [-0.4, -0.2) is 19.2 Å². The van der Waals surface area contributed by atoms with E-state index in [0.717, 1.165) is 13.1 Å². The largest absolute Gasteiger partial charge is 0.368 e. The molecule has 1 aromatic heterocycles. The van der Waals surface area contributed by atoms with Crippen molar-refractivity contribution < 1.29 is 4.74 Å². The Morgan fingerprint density at radius 1 is 1.58 bits per heavy atom. The normalized spacial score (nSPS) is 30.4. The van der Waals surface area contributed by atoms with Crippen LogP contribution in [0.2, 0.25) is 0 Å². The summed E-state index contributed by atoms with van der Waals surface area (Å²) in [4.78, 5) is 0. The molecule has 12 heavy (non-hydrogen) atoms. The van der Waals surface area contributed by atoms with Gasteiger partial charge in [0, 0.05) is 13.1 Å². The van der Waals surface area contributed by atoms with Crippen molar-refractivity contribution in [3.05, 3.63) is 22.4 Å². The van der Waals surface area contributed by atoms with Crippen molar-refractivity contribution in [1.82, 2.24) is 5.32 Å². The van der Waals surface area contributed by atoms with Gasteiger partial charge in [-0.25, -0.2) is 0 Å². The maximum absolute atomic E-state index is 5.77. The monoisotopic (exact) mass is 183 g/mol. The van der Waals surface area contributed by atoms with E-state index in [1.807, 2.05) is 0 Å². The second kappa shape index (κ2) is 3.56. The highest BCUT2D eigenvalue weighted by molar-refractivity contribution is 7.07. The fourth-order valence-electron chi connectivity index (χ4n) is 1.45. The van der Waals surface area contributed by atoms with Crippen LogP contribution in [-0.2, 0) is 4.74 Å². The van der Waals surface area contributed by atoms with Crippen LogP contribution >= 0.6 is 11.3 Å². The van der Waals surface area contributed by atoms with E-state index in [1.54, 1.807) is 11.3 Å². The van der Waals surface area contributed by atoms with Crippen molar-refractivity contribution in [2.45, 2.75) is 19.1 Å². The van der Waals surface area contributed by atoms with E-state index in [-0.39, 0.29) is 6.10 Å². The van der Waals surface area contributed by atoms with Gasteiger partial charge in [-0.15, -0.1) is 0 Å². The lowest BCUT2D eigenvalue weighted by molar-refractivity contribution is -0.0285. The molecule has 1 fully saturated rings. The molecule has 3 heteroatoms. The molecule has 0 unspecified atom stereocenters. The van der Waals surface area contributed by atoms with E-state index in [9.17, 15) is 0 Å². The number of hydrogen-bond acceptors (Lipinski definition) is 3. The highest BCUT2D eigenvalue weighted by atomic mass is 32.1. The fourth-order valence-corrected chi connectivity index (χ4v) is 2.15. The van der Waals surface area contributed by atoms with Gasteiger partial charge in [0.05, 0.1) is 12.2 Å². The Labute approximate surface area is 76.6 Å². The Morgan fingerprint density at radius 2 is 2.50 bits per heavy atom. The molecule has 0 saturated carbocycles. The van der Waals surface area contributed by atoms with Crippen molar-refractivity contribution >= 4 is 11.3 Å². The molecule has 1 saturated heterocycles. The highest BCUT2D eigenvalue weighted by Gasteiger charge is 2.19. The van der Waals surface area contributed by atoms with Crippen molar-refractivity contribution in [1.29, 1.82) is 0 Å². The number of thiophene rings is 1. The minimum Gasteiger partial charge on any atom is -0.368 e. The Hall–Kier alpha value is -0.380. The zero-order valence-electron chi connectivity index (χ0n) is 7.12. The van der Waals surface area contributed by atoms with E-state index >= 15 is 0 Å². The second-order valence-electron chi connectivity index (χ2n) is 3.15. The number of nitrogens with one attached hydrogen (secondary N) is 1. The van der Waals surface area contributed by atoms with Crippen LogP contribution in [0.4, 0.5) is 0 Å². The van der Waals surface area contributed by atoms with Crippen molar-refractivity contribution in [2.24, 2.45) is 0 Å². The molecule has 0 amide bonds. The average Bonchev–Trinajstić information content (AvgIpc) is 2.56. The molecular formula is C9H13NOS. The molecule has 0 aliphatic carbocycles. The quantitative estimate of drug-likeness (QED) is 0.717. The molecule has 2 rings (SSSR count). The molecule has 66 valence electrons. The molecule has 0 spiro atoms. The molecule has 2 heterocycles. The lowest BCUT2D eigenvalue weighted by Gasteiger charge is -2.28. The minimum atomic E-state index is 0.264. The molecule has 2 atom stereocenters. The van der Waals surface area contributed by atoms with Crippen LogP contribution in [0.3, 0.4) is 0 Å². The SMILES string of the molecule is C[C@@H]1CNC[C@@H](c2ccsc2)O1. The first-order valence-corrected chi connectivity index (χ1v) is 5.19. The lowest BCUT2D eigenvalue weighted by atomic mass is 10.1. The molecule has 0 radical (unpaired) electrons. The van der Waals surface area contributed by atoms with Crippen molar-refractivity contribution in [3.8, 4) is 0 Å². The molecule has 1 aliphatic rings. The van der Waals surface area contributed by atoms with Gasteiger partial charge in [-0.3, -0.25) is 0 Å². The third-order valence-corrected chi connectivity index (χ3v) is 2.77. The van der Waals surface area contributed by atoms with Gasteiger partial charge in [0.25, 0.3) is 0 Å². The lowest BCUT2D eigenvalue weighted by Crippen LogP contribution is -2.38. The summed E-state index contributed by atoms with van der Waals surface area (Å²) >= 11 is 1.73. The van der Waals surface area contributed by atoms with Crippen molar-refractivity contribution in [3.63, 3.8) is 0 Å². The van der Waals surface area contributed by atoms with Crippen LogP contribution in [0.15, 0.2) is 16.8 Å². The van der Waals surface area contributed by atoms with Crippen LogP contribution in [0, 0.1) is 0 Å². The third-order valence-electron chi connectivity index (χ3n) is 2.07. The summed E-state index contributed by atoms with van der Waals surface area (Å²) in [5.41, 5.74) is 1.30. The summed E-state index contributed by atoms with van der Waals surface area (Å²) in [5, 5.41) is 7.60. The summed E-state index contributed by atoms with van der Waals surface area (Å²) < 4.78 is 5.77. The minimum absolute atomic E-state index is 0.264. The van der Waals surface area contributed by atoms with Gasteiger partial charge in [-0.2, -0.15) is 11.3 Å². The van der Waals surface area contributed by atoms with Gasteiger partial charge in [0.1, 0.15) is 0 Å². The van der Waals surface area contributed by atoms with E-state index in [2.05, 4.69) is 29.1 Å². The number of rotatable bonds is 1. The molecule has 0 bridgehead atoms. The van der Waals surface area contributed by atoms with Gasteiger partial charge < -0.3 is 10.1 Å². The van der Waals surface area contributed by atoms with Gasteiger partial charge >= 0.3 is 0 Å². The predicted octanol–water partition coefficient (Wildman–Crippen LogP) is 1.80. The van der Waals surface area contributed by atoms with Gasteiger partial charge in [0.2, 0.25) is 0 Å². The summed E-state index contributed by atoms with van der Waals surface area (Å²) in [6.07, 6.45) is 0.601. The first-order chi connectivity index (χ1) is 5.86. The zero-order chi connectivity index (χ0) is 8.39. The topological polar surface area (TPSA) is 21.3 Å². The Balaban J connectivity index is 2.04. The summed E-state index contributed by atoms with van der Waals surface area (Å²) in [6, 6.07) is 2.13. The van der Waals surface area contributed by atoms with Crippen LogP contribution < -0.4 is 5.32 Å². The van der Waals surface area contributed by atoms with Crippen LogP contribution in [0.25, 0.3) is 0 Å². The fraction of sp³-hybridized carbons (Fsp3) is 0.556. The van der Waals surface area contributed by atoms with E-state index in [0.29, 0.717) is 6.10 Å². The van der Waals surface area contributed by atoms with Crippen LogP contribution in [0.5, 0.6) is 0 Å². The maximum Gasteiger partial charge on any atom is 0.0961 e. The molecular weight excluding hydrogens is 170 g/mol. The average molecular weight is 183 g/mol. The second-order valence-corrected chi connectivity index (χ2v) is 3.93. The smallest absolute Gasteiger partial charge is 0.0961 e. The standard InChI is InChI=1S/C9H13NOS/c1-7-4-10-5-9(11-7)8-2-3-12-6-8/h2-3,6-7,9-10H,4-5H2,1H3/t7-,9+/m1/s1. The molecule has 1 aliphatic heterocycles. The number of morpholine rings is 1. The zero-order valence-corrected chi connectivity index (χ0v) is 7.93. The summed E-state index contributed by atoms with van der Waals surface area (Å²) in [6.45, 7) is 4.02.